The number of nitrogens with one attached hydrogen (secondary N) is 1. The Bertz CT molecular complexity index is 369. The SMILES string of the molecule is C/C(C(=O)O)=C(\C)C(=O)NCC1CC=CCC1. The molecule has 17 heavy (non-hydrogen) atoms. The van der Waals surface area contributed by atoms with E-state index >= 15 is 0 Å². The summed E-state index contributed by atoms with van der Waals surface area (Å²) in [6.45, 7) is 3.60. The molecule has 0 saturated heterocycles. The van der Waals surface area contributed by atoms with Crippen molar-refractivity contribution >= 4 is 11.9 Å². The third kappa shape index (κ3) is 4.06. The van der Waals surface area contributed by atoms with Crippen molar-refractivity contribution < 1.29 is 14.7 Å². The van der Waals surface area contributed by atoms with Crippen molar-refractivity contribution in [2.75, 3.05) is 6.54 Å². The zero-order chi connectivity index (χ0) is 12.8. The summed E-state index contributed by atoms with van der Waals surface area (Å²) in [5.41, 5.74) is 0.384. The zero-order valence-electron chi connectivity index (χ0n) is 10.3. The van der Waals surface area contributed by atoms with Gasteiger partial charge in [0.2, 0.25) is 5.91 Å². The molecule has 4 heteroatoms. The Morgan fingerprint density at radius 3 is 2.53 bits per heavy atom. The van der Waals surface area contributed by atoms with Crippen LogP contribution in [0.1, 0.15) is 33.1 Å². The average molecular weight is 237 g/mol. The van der Waals surface area contributed by atoms with Gasteiger partial charge in [0.1, 0.15) is 0 Å². The lowest BCUT2D eigenvalue weighted by Crippen LogP contribution is -2.31. The molecule has 0 aromatic carbocycles. The monoisotopic (exact) mass is 237 g/mol. The fourth-order valence-corrected chi connectivity index (χ4v) is 1.74. The molecule has 1 amide bonds. The molecule has 94 valence electrons. The van der Waals surface area contributed by atoms with Crippen LogP contribution in [-0.2, 0) is 9.59 Å². The molecule has 1 aliphatic carbocycles. The number of carboxylic acid groups (broad SMARTS) is 1. The predicted molar refractivity (Wildman–Crippen MR) is 65.5 cm³/mol. The molecule has 0 bridgehead atoms. The Labute approximate surface area is 101 Å². The van der Waals surface area contributed by atoms with Gasteiger partial charge in [0, 0.05) is 17.7 Å². The highest BCUT2D eigenvalue weighted by Crippen LogP contribution is 2.17. The topological polar surface area (TPSA) is 66.4 Å². The van der Waals surface area contributed by atoms with Crippen LogP contribution in [0.2, 0.25) is 0 Å². The first-order chi connectivity index (χ1) is 8.02. The van der Waals surface area contributed by atoms with Crippen molar-refractivity contribution in [2.24, 2.45) is 5.92 Å². The minimum atomic E-state index is -1.04. The van der Waals surface area contributed by atoms with Gasteiger partial charge in [-0.2, -0.15) is 0 Å². The maximum Gasteiger partial charge on any atom is 0.331 e. The fourth-order valence-electron chi connectivity index (χ4n) is 1.74. The van der Waals surface area contributed by atoms with E-state index in [1.54, 1.807) is 6.92 Å². The van der Waals surface area contributed by atoms with Crippen LogP contribution in [0.4, 0.5) is 0 Å². The molecule has 1 atom stereocenters. The van der Waals surface area contributed by atoms with Gasteiger partial charge in [-0.05, 0) is 39.0 Å². The lowest BCUT2D eigenvalue weighted by atomic mass is 9.94. The smallest absolute Gasteiger partial charge is 0.331 e. The van der Waals surface area contributed by atoms with Crippen LogP contribution in [0, 0.1) is 5.92 Å². The van der Waals surface area contributed by atoms with Crippen LogP contribution in [0.15, 0.2) is 23.3 Å². The van der Waals surface area contributed by atoms with E-state index < -0.39 is 5.97 Å². The van der Waals surface area contributed by atoms with Crippen LogP contribution < -0.4 is 5.32 Å². The van der Waals surface area contributed by atoms with Crippen LogP contribution in [0.25, 0.3) is 0 Å². The van der Waals surface area contributed by atoms with E-state index in [9.17, 15) is 9.59 Å². The molecule has 2 N–H and O–H groups in total. The van der Waals surface area contributed by atoms with E-state index in [2.05, 4.69) is 17.5 Å². The summed E-state index contributed by atoms with van der Waals surface area (Å²) in [5.74, 6) is -0.848. The van der Waals surface area contributed by atoms with Crippen LogP contribution >= 0.6 is 0 Å². The normalized spacial score (nSPS) is 20.7. The number of amides is 1. The quantitative estimate of drug-likeness (QED) is 0.579. The van der Waals surface area contributed by atoms with Crippen LogP contribution in [0.3, 0.4) is 0 Å². The summed E-state index contributed by atoms with van der Waals surface area (Å²) < 4.78 is 0. The summed E-state index contributed by atoms with van der Waals surface area (Å²) in [7, 11) is 0. The molecule has 0 spiro atoms. The highest BCUT2D eigenvalue weighted by atomic mass is 16.4. The van der Waals surface area contributed by atoms with Crippen molar-refractivity contribution in [2.45, 2.75) is 33.1 Å². The van der Waals surface area contributed by atoms with E-state index in [1.165, 1.54) is 6.92 Å². The highest BCUT2D eigenvalue weighted by Gasteiger charge is 2.15. The minimum Gasteiger partial charge on any atom is -0.478 e. The molecule has 0 aromatic heterocycles. The predicted octanol–water partition coefficient (Wildman–Crippen LogP) is 1.88. The molecule has 1 aliphatic rings. The summed E-state index contributed by atoms with van der Waals surface area (Å²) in [6, 6.07) is 0. The maximum atomic E-state index is 11.7. The number of carboxylic acids is 1. The minimum absolute atomic E-state index is 0.103. The van der Waals surface area contributed by atoms with Gasteiger partial charge in [-0.15, -0.1) is 0 Å². The van der Waals surface area contributed by atoms with E-state index in [0.717, 1.165) is 19.3 Å². The summed E-state index contributed by atoms with van der Waals surface area (Å²) in [5, 5.41) is 11.6. The van der Waals surface area contributed by atoms with E-state index in [4.69, 9.17) is 5.11 Å². The van der Waals surface area contributed by atoms with Gasteiger partial charge in [-0.1, -0.05) is 12.2 Å². The largest absolute Gasteiger partial charge is 0.478 e. The summed E-state index contributed by atoms with van der Waals surface area (Å²) >= 11 is 0. The second-order valence-corrected chi connectivity index (χ2v) is 4.42. The second-order valence-electron chi connectivity index (χ2n) is 4.42. The molecule has 0 radical (unpaired) electrons. The Morgan fingerprint density at radius 1 is 1.29 bits per heavy atom. The number of hydrogen-bond acceptors (Lipinski definition) is 2. The standard InChI is InChI=1S/C13H19NO3/c1-9(10(2)13(16)17)12(15)14-8-11-6-4-3-5-7-11/h3-4,11H,5-8H2,1-2H3,(H,14,15)(H,16,17)/b10-9-. The van der Waals surface area contributed by atoms with Crippen molar-refractivity contribution in [1.29, 1.82) is 0 Å². The number of carbonyl (C=O) groups excluding carboxylic acids is 1. The third-order valence-corrected chi connectivity index (χ3v) is 3.15. The lowest BCUT2D eigenvalue weighted by molar-refractivity contribution is -0.133. The molecule has 0 fully saturated rings. The Balaban J connectivity index is 2.47. The second kappa shape index (κ2) is 6.23. The number of hydrogen-bond donors (Lipinski definition) is 2. The molecular weight excluding hydrogens is 218 g/mol. The molecular formula is C13H19NO3. The van der Waals surface area contributed by atoms with Crippen LogP contribution in [-0.4, -0.2) is 23.5 Å². The van der Waals surface area contributed by atoms with Crippen molar-refractivity contribution in [3.63, 3.8) is 0 Å². The third-order valence-electron chi connectivity index (χ3n) is 3.15. The summed E-state index contributed by atoms with van der Waals surface area (Å²) in [4.78, 5) is 22.4. The first kappa shape index (κ1) is 13.5. The Hall–Kier alpha value is -1.58. The lowest BCUT2D eigenvalue weighted by Gasteiger charge is -2.18. The maximum absolute atomic E-state index is 11.7. The number of rotatable bonds is 4. The van der Waals surface area contributed by atoms with Gasteiger partial charge in [0.15, 0.2) is 0 Å². The summed E-state index contributed by atoms with van der Waals surface area (Å²) in [6.07, 6.45) is 7.41. The van der Waals surface area contributed by atoms with E-state index in [1.807, 2.05) is 0 Å². The van der Waals surface area contributed by atoms with Crippen LogP contribution in [0.5, 0.6) is 0 Å². The first-order valence-electron chi connectivity index (χ1n) is 5.86. The van der Waals surface area contributed by atoms with Crippen molar-refractivity contribution in [3.05, 3.63) is 23.3 Å². The molecule has 0 heterocycles. The molecule has 1 unspecified atom stereocenters. The Kier molecular flexibility index (Phi) is 4.94. The van der Waals surface area contributed by atoms with E-state index in [0.29, 0.717) is 12.5 Å². The zero-order valence-corrected chi connectivity index (χ0v) is 10.3. The van der Waals surface area contributed by atoms with Gasteiger partial charge < -0.3 is 10.4 Å². The van der Waals surface area contributed by atoms with Crippen molar-refractivity contribution in [3.8, 4) is 0 Å². The van der Waals surface area contributed by atoms with Gasteiger partial charge in [-0.25, -0.2) is 4.79 Å². The Morgan fingerprint density at radius 2 is 2.00 bits per heavy atom. The number of carbonyl (C=O) groups is 2. The van der Waals surface area contributed by atoms with Gasteiger partial charge in [0.25, 0.3) is 0 Å². The first-order valence-corrected chi connectivity index (χ1v) is 5.86. The fraction of sp³-hybridized carbons (Fsp3) is 0.538. The van der Waals surface area contributed by atoms with Gasteiger partial charge in [0.05, 0.1) is 0 Å². The van der Waals surface area contributed by atoms with Gasteiger partial charge in [-0.3, -0.25) is 4.79 Å². The van der Waals surface area contributed by atoms with Crippen molar-refractivity contribution in [1.82, 2.24) is 5.32 Å². The number of aliphatic carboxylic acids is 1. The van der Waals surface area contributed by atoms with Gasteiger partial charge >= 0.3 is 5.97 Å². The number of allylic oxidation sites excluding steroid dienone is 2. The molecule has 4 nitrogen and oxygen atoms in total. The molecule has 1 rings (SSSR count). The molecule has 0 aromatic rings. The highest BCUT2D eigenvalue weighted by molar-refractivity contribution is 6.01. The van der Waals surface area contributed by atoms with E-state index in [-0.39, 0.29) is 17.1 Å². The molecule has 0 aliphatic heterocycles. The molecule has 0 saturated carbocycles. The average Bonchev–Trinajstić information content (AvgIpc) is 2.35.